The average molecular weight is 177 g/mol. The Morgan fingerprint density at radius 2 is 2.08 bits per heavy atom. The number of hydrogen-bond acceptors (Lipinski definition) is 2. The van der Waals surface area contributed by atoms with Crippen molar-refractivity contribution in [2.45, 2.75) is 32.8 Å². The Kier molecular flexibility index (Phi) is 1.70. The normalized spacial score (nSPS) is 30.2. The molecule has 0 amide bonds. The molecule has 1 N–H and O–H groups in total. The van der Waals surface area contributed by atoms with Crippen LogP contribution in [0.15, 0.2) is 18.5 Å². The molecule has 0 fully saturated rings. The first kappa shape index (κ1) is 8.70. The minimum absolute atomic E-state index is 0.0641. The molecule has 0 unspecified atom stereocenters. The fraction of sp³-hybridized carbons (Fsp3) is 0.545. The number of aromatic nitrogens is 1. The molecule has 1 aromatic rings. The highest BCUT2D eigenvalue weighted by molar-refractivity contribution is 5.37. The zero-order valence-corrected chi connectivity index (χ0v) is 8.28. The second-order valence-electron chi connectivity index (χ2n) is 4.45. The molecule has 13 heavy (non-hydrogen) atoms. The summed E-state index contributed by atoms with van der Waals surface area (Å²) in [6.07, 6.45) is 3.27. The molecule has 0 bridgehead atoms. The van der Waals surface area contributed by atoms with Crippen molar-refractivity contribution in [1.29, 1.82) is 0 Å². The first-order valence-electron chi connectivity index (χ1n) is 4.67. The first-order chi connectivity index (χ1) is 6.05. The van der Waals surface area contributed by atoms with Crippen LogP contribution < -0.4 is 0 Å². The van der Waals surface area contributed by atoms with E-state index in [0.29, 0.717) is 5.92 Å². The molecule has 2 nitrogen and oxygen atoms in total. The van der Waals surface area contributed by atoms with Gasteiger partial charge in [0.2, 0.25) is 0 Å². The zero-order chi connectivity index (χ0) is 9.64. The quantitative estimate of drug-likeness (QED) is 0.659. The summed E-state index contributed by atoms with van der Waals surface area (Å²) in [5, 5.41) is 10.1. The second-order valence-corrected chi connectivity index (χ2v) is 4.45. The molecule has 1 aliphatic carbocycles. The Morgan fingerprint density at radius 1 is 1.38 bits per heavy atom. The van der Waals surface area contributed by atoms with Gasteiger partial charge in [-0.1, -0.05) is 20.8 Å². The van der Waals surface area contributed by atoms with Crippen molar-refractivity contribution in [3.05, 3.63) is 29.6 Å². The summed E-state index contributed by atoms with van der Waals surface area (Å²) in [6, 6.07) is 1.92. The maximum atomic E-state index is 10.1. The lowest BCUT2D eigenvalue weighted by atomic mass is 9.80. The monoisotopic (exact) mass is 177 g/mol. The number of rotatable bonds is 0. The van der Waals surface area contributed by atoms with E-state index in [-0.39, 0.29) is 11.5 Å². The van der Waals surface area contributed by atoms with Gasteiger partial charge < -0.3 is 5.11 Å². The topological polar surface area (TPSA) is 33.1 Å². The van der Waals surface area contributed by atoms with Crippen LogP contribution in [0.1, 0.15) is 43.9 Å². The third kappa shape index (κ3) is 1.02. The van der Waals surface area contributed by atoms with Crippen molar-refractivity contribution in [2.75, 3.05) is 0 Å². The molecule has 0 aliphatic heterocycles. The maximum absolute atomic E-state index is 10.1. The number of pyridine rings is 1. The van der Waals surface area contributed by atoms with Crippen molar-refractivity contribution in [2.24, 2.45) is 5.41 Å². The minimum atomic E-state index is -0.347. The zero-order valence-electron chi connectivity index (χ0n) is 8.28. The maximum Gasteiger partial charge on any atom is 0.0850 e. The smallest absolute Gasteiger partial charge is 0.0850 e. The largest absolute Gasteiger partial charge is 0.388 e. The van der Waals surface area contributed by atoms with E-state index in [1.807, 2.05) is 12.3 Å². The lowest BCUT2D eigenvalue weighted by Crippen LogP contribution is -2.20. The molecule has 2 atom stereocenters. The fourth-order valence-electron chi connectivity index (χ4n) is 2.07. The summed E-state index contributed by atoms with van der Waals surface area (Å²) >= 11 is 0. The lowest BCUT2D eigenvalue weighted by molar-refractivity contribution is 0.0524. The van der Waals surface area contributed by atoms with E-state index in [2.05, 4.69) is 25.8 Å². The Hall–Kier alpha value is -0.890. The van der Waals surface area contributed by atoms with Gasteiger partial charge in [-0.05, 0) is 23.1 Å². The molecule has 2 rings (SSSR count). The van der Waals surface area contributed by atoms with Gasteiger partial charge in [-0.3, -0.25) is 4.98 Å². The van der Waals surface area contributed by atoms with E-state index in [1.54, 1.807) is 6.20 Å². The Morgan fingerprint density at radius 3 is 2.69 bits per heavy atom. The molecule has 0 radical (unpaired) electrons. The van der Waals surface area contributed by atoms with Crippen molar-refractivity contribution in [3.8, 4) is 0 Å². The van der Waals surface area contributed by atoms with Crippen LogP contribution in [-0.4, -0.2) is 10.1 Å². The van der Waals surface area contributed by atoms with E-state index in [9.17, 15) is 5.11 Å². The van der Waals surface area contributed by atoms with Crippen molar-refractivity contribution in [1.82, 2.24) is 4.98 Å². The minimum Gasteiger partial charge on any atom is -0.388 e. The average Bonchev–Trinajstić information content (AvgIpc) is 2.30. The van der Waals surface area contributed by atoms with Gasteiger partial charge in [0.05, 0.1) is 6.10 Å². The third-order valence-electron chi connectivity index (χ3n) is 3.47. The highest BCUT2D eigenvalue weighted by Gasteiger charge is 2.43. The van der Waals surface area contributed by atoms with E-state index < -0.39 is 0 Å². The number of fused-ring (bicyclic) bond motifs is 1. The SMILES string of the molecule is C[C@H]1c2cnccc2[C@@H](O)C1(C)C. The fourth-order valence-corrected chi connectivity index (χ4v) is 2.07. The molecule has 1 aromatic heterocycles. The van der Waals surface area contributed by atoms with Gasteiger partial charge in [0, 0.05) is 17.8 Å². The highest BCUT2D eigenvalue weighted by atomic mass is 16.3. The number of nitrogens with zero attached hydrogens (tertiary/aromatic N) is 1. The van der Waals surface area contributed by atoms with Gasteiger partial charge in [0.15, 0.2) is 0 Å². The van der Waals surface area contributed by atoms with Crippen LogP contribution in [0.25, 0.3) is 0 Å². The molecule has 0 saturated heterocycles. The summed E-state index contributed by atoms with van der Waals surface area (Å²) in [5.41, 5.74) is 2.18. The molecule has 2 heteroatoms. The van der Waals surface area contributed by atoms with Crippen LogP contribution in [0.3, 0.4) is 0 Å². The molecule has 0 saturated carbocycles. The van der Waals surface area contributed by atoms with Crippen molar-refractivity contribution in [3.63, 3.8) is 0 Å². The van der Waals surface area contributed by atoms with Crippen molar-refractivity contribution >= 4 is 0 Å². The summed E-state index contributed by atoms with van der Waals surface area (Å²) in [7, 11) is 0. The van der Waals surface area contributed by atoms with Crippen LogP contribution in [0.5, 0.6) is 0 Å². The lowest BCUT2D eigenvalue weighted by Gasteiger charge is -2.27. The van der Waals surface area contributed by atoms with E-state index in [0.717, 1.165) is 5.56 Å². The van der Waals surface area contributed by atoms with E-state index in [1.165, 1.54) is 5.56 Å². The van der Waals surface area contributed by atoms with Gasteiger partial charge in [-0.2, -0.15) is 0 Å². The van der Waals surface area contributed by atoms with Gasteiger partial charge in [-0.15, -0.1) is 0 Å². The molecular weight excluding hydrogens is 162 g/mol. The van der Waals surface area contributed by atoms with Crippen LogP contribution >= 0.6 is 0 Å². The predicted octanol–water partition coefficient (Wildman–Crippen LogP) is 2.26. The van der Waals surface area contributed by atoms with Gasteiger partial charge in [-0.25, -0.2) is 0 Å². The summed E-state index contributed by atoms with van der Waals surface area (Å²) in [6.45, 7) is 6.35. The van der Waals surface area contributed by atoms with Gasteiger partial charge in [0.25, 0.3) is 0 Å². The Labute approximate surface area is 78.6 Å². The molecule has 1 aliphatic rings. The number of aliphatic hydroxyl groups is 1. The highest BCUT2D eigenvalue weighted by Crippen LogP contribution is 2.52. The van der Waals surface area contributed by atoms with Gasteiger partial charge in [0.1, 0.15) is 0 Å². The first-order valence-corrected chi connectivity index (χ1v) is 4.67. The Bertz CT molecular complexity index is 302. The third-order valence-corrected chi connectivity index (χ3v) is 3.47. The van der Waals surface area contributed by atoms with Crippen LogP contribution in [0.4, 0.5) is 0 Å². The van der Waals surface area contributed by atoms with E-state index >= 15 is 0 Å². The Balaban J connectivity index is 2.57. The van der Waals surface area contributed by atoms with Crippen LogP contribution in [-0.2, 0) is 0 Å². The standard InChI is InChI=1S/C11H15NO/c1-7-9-6-12-5-4-8(9)10(13)11(7,2)3/h4-7,10,13H,1-3H3/t7-,10+/m0/s1. The van der Waals surface area contributed by atoms with Crippen LogP contribution in [0, 0.1) is 5.41 Å². The summed E-state index contributed by atoms with van der Waals surface area (Å²) in [5.74, 6) is 0.381. The van der Waals surface area contributed by atoms with E-state index in [4.69, 9.17) is 0 Å². The second kappa shape index (κ2) is 2.55. The summed E-state index contributed by atoms with van der Waals surface area (Å²) < 4.78 is 0. The molecular formula is C11H15NO. The number of aliphatic hydroxyl groups excluding tert-OH is 1. The summed E-state index contributed by atoms with van der Waals surface area (Å²) in [4.78, 5) is 4.10. The molecule has 0 spiro atoms. The van der Waals surface area contributed by atoms with Crippen LogP contribution in [0.2, 0.25) is 0 Å². The number of hydrogen-bond donors (Lipinski definition) is 1. The molecule has 70 valence electrons. The van der Waals surface area contributed by atoms with Gasteiger partial charge >= 0.3 is 0 Å². The predicted molar refractivity (Wildman–Crippen MR) is 51.4 cm³/mol. The molecule has 0 aromatic carbocycles. The molecule has 1 heterocycles. The van der Waals surface area contributed by atoms with Crippen molar-refractivity contribution < 1.29 is 5.11 Å².